The highest BCUT2D eigenvalue weighted by molar-refractivity contribution is 5.30. The molecule has 0 spiro atoms. The molecule has 0 heterocycles. The molecule has 0 aliphatic carbocycles. The minimum absolute atomic E-state index is 0.100. The Hall–Kier alpha value is -1.13. The molecule has 90 valence electrons. The maximum Gasteiger partial charge on any atom is 0.165 e. The molecule has 0 aromatic heterocycles. The summed E-state index contributed by atoms with van der Waals surface area (Å²) in [7, 11) is 0. The zero-order chi connectivity index (χ0) is 12.1. The summed E-state index contributed by atoms with van der Waals surface area (Å²) < 4.78 is 13.1. The summed E-state index contributed by atoms with van der Waals surface area (Å²) in [4.78, 5) is 0. The van der Waals surface area contributed by atoms with Crippen molar-refractivity contribution in [3.63, 3.8) is 0 Å². The molecule has 16 heavy (non-hydrogen) atoms. The third-order valence-electron chi connectivity index (χ3n) is 2.33. The molecule has 0 saturated heterocycles. The first-order valence-corrected chi connectivity index (χ1v) is 5.37. The van der Waals surface area contributed by atoms with E-state index in [-0.39, 0.29) is 18.4 Å². The number of nitrogens with one attached hydrogen (secondary N) is 1. The van der Waals surface area contributed by atoms with Gasteiger partial charge in [-0.3, -0.25) is 0 Å². The Bertz CT molecular complexity index is 342. The zero-order valence-electron chi connectivity index (χ0n) is 9.57. The van der Waals surface area contributed by atoms with E-state index in [0.29, 0.717) is 11.5 Å². The number of hydrogen-bond donors (Lipinski definition) is 3. The van der Waals surface area contributed by atoms with Crippen LogP contribution in [0.2, 0.25) is 0 Å². The molecule has 1 rings (SSSR count). The molecule has 1 aromatic carbocycles. The van der Waals surface area contributed by atoms with Crippen LogP contribution < -0.4 is 5.32 Å². The zero-order valence-corrected chi connectivity index (χ0v) is 9.57. The predicted molar refractivity (Wildman–Crippen MR) is 60.7 cm³/mol. The molecule has 0 aliphatic heterocycles. The number of benzene rings is 1. The van der Waals surface area contributed by atoms with Gasteiger partial charge in [-0.25, -0.2) is 4.39 Å². The minimum atomic E-state index is -0.665. The lowest BCUT2D eigenvalue weighted by atomic mass is 10.1. The highest BCUT2D eigenvalue weighted by atomic mass is 19.1. The fourth-order valence-electron chi connectivity index (χ4n) is 1.41. The summed E-state index contributed by atoms with van der Waals surface area (Å²) in [6, 6.07) is 3.85. The maximum atomic E-state index is 13.1. The Morgan fingerprint density at radius 2 is 2.06 bits per heavy atom. The van der Waals surface area contributed by atoms with Gasteiger partial charge in [0, 0.05) is 0 Å². The summed E-state index contributed by atoms with van der Waals surface area (Å²) in [5.41, 5.74) is 0.637. The molecule has 3 nitrogen and oxygen atoms in total. The molecule has 0 amide bonds. The van der Waals surface area contributed by atoms with Gasteiger partial charge in [0.2, 0.25) is 0 Å². The monoisotopic (exact) mass is 227 g/mol. The van der Waals surface area contributed by atoms with Gasteiger partial charge in [0.25, 0.3) is 0 Å². The summed E-state index contributed by atoms with van der Waals surface area (Å²) in [6.07, 6.45) is 0. The van der Waals surface area contributed by atoms with Crippen LogP contribution in [0, 0.1) is 11.7 Å². The number of halogens is 1. The standard InChI is InChI=1S/C12H18FNO2/c1-8(2)6-14-11(7-15)9-3-4-12(16)10(13)5-9/h3-5,8,11,14-16H,6-7H2,1-2H3. The lowest BCUT2D eigenvalue weighted by molar-refractivity contribution is 0.240. The number of aliphatic hydroxyl groups excluding tert-OH is 1. The molecule has 1 unspecified atom stereocenters. The highest BCUT2D eigenvalue weighted by Crippen LogP contribution is 2.20. The first-order valence-electron chi connectivity index (χ1n) is 5.37. The van der Waals surface area contributed by atoms with E-state index in [9.17, 15) is 9.50 Å². The summed E-state index contributed by atoms with van der Waals surface area (Å²) in [5, 5.41) is 21.4. The van der Waals surface area contributed by atoms with Crippen molar-refractivity contribution in [3.8, 4) is 5.75 Å². The first kappa shape index (κ1) is 12.9. The average Bonchev–Trinajstić information content (AvgIpc) is 2.23. The van der Waals surface area contributed by atoms with E-state index < -0.39 is 5.82 Å². The quantitative estimate of drug-likeness (QED) is 0.719. The Balaban J connectivity index is 2.74. The molecule has 3 N–H and O–H groups in total. The predicted octanol–water partition coefficient (Wildman–Crippen LogP) is 1.81. The fourth-order valence-corrected chi connectivity index (χ4v) is 1.41. The molecule has 0 fully saturated rings. The van der Waals surface area contributed by atoms with Crippen molar-refractivity contribution in [1.82, 2.24) is 5.32 Å². The third kappa shape index (κ3) is 3.47. The molecule has 0 radical (unpaired) electrons. The van der Waals surface area contributed by atoms with Gasteiger partial charge in [0.05, 0.1) is 12.6 Å². The SMILES string of the molecule is CC(C)CNC(CO)c1ccc(O)c(F)c1. The van der Waals surface area contributed by atoms with Crippen molar-refractivity contribution in [1.29, 1.82) is 0 Å². The molecule has 0 bridgehead atoms. The highest BCUT2D eigenvalue weighted by Gasteiger charge is 2.12. The number of hydrogen-bond acceptors (Lipinski definition) is 3. The van der Waals surface area contributed by atoms with Gasteiger partial charge in [-0.15, -0.1) is 0 Å². The average molecular weight is 227 g/mol. The van der Waals surface area contributed by atoms with Gasteiger partial charge in [-0.1, -0.05) is 19.9 Å². The van der Waals surface area contributed by atoms with Crippen LogP contribution in [0.25, 0.3) is 0 Å². The topological polar surface area (TPSA) is 52.5 Å². The molecule has 1 aromatic rings. The van der Waals surface area contributed by atoms with Crippen molar-refractivity contribution in [2.75, 3.05) is 13.2 Å². The van der Waals surface area contributed by atoms with Gasteiger partial charge >= 0.3 is 0 Å². The van der Waals surface area contributed by atoms with Crippen LogP contribution in [0.3, 0.4) is 0 Å². The normalized spacial score (nSPS) is 13.1. The number of rotatable bonds is 5. The summed E-state index contributed by atoms with van der Waals surface area (Å²) in [6.45, 7) is 4.75. The van der Waals surface area contributed by atoms with Crippen molar-refractivity contribution < 1.29 is 14.6 Å². The molecule has 4 heteroatoms. The van der Waals surface area contributed by atoms with Crippen LogP contribution >= 0.6 is 0 Å². The maximum absolute atomic E-state index is 13.1. The van der Waals surface area contributed by atoms with E-state index in [1.54, 1.807) is 6.07 Å². The Morgan fingerprint density at radius 3 is 2.56 bits per heavy atom. The van der Waals surface area contributed by atoms with Crippen LogP contribution in [0.1, 0.15) is 25.5 Å². The van der Waals surface area contributed by atoms with Gasteiger partial charge in [0.1, 0.15) is 0 Å². The van der Waals surface area contributed by atoms with Crippen LogP contribution in [-0.4, -0.2) is 23.4 Å². The fraction of sp³-hybridized carbons (Fsp3) is 0.500. The molecular weight excluding hydrogens is 209 g/mol. The van der Waals surface area contributed by atoms with Gasteiger partial charge in [-0.05, 0) is 30.2 Å². The van der Waals surface area contributed by atoms with E-state index >= 15 is 0 Å². The van der Waals surface area contributed by atoms with E-state index in [1.807, 2.05) is 0 Å². The Kier molecular flexibility index (Phi) is 4.71. The van der Waals surface area contributed by atoms with E-state index in [0.717, 1.165) is 6.54 Å². The smallest absolute Gasteiger partial charge is 0.165 e. The second-order valence-corrected chi connectivity index (χ2v) is 4.25. The van der Waals surface area contributed by atoms with Gasteiger partial charge < -0.3 is 15.5 Å². The Labute approximate surface area is 94.9 Å². The number of phenolic OH excluding ortho intramolecular Hbond substituents is 1. The Morgan fingerprint density at radius 1 is 1.38 bits per heavy atom. The van der Waals surface area contributed by atoms with E-state index in [1.165, 1.54) is 12.1 Å². The van der Waals surface area contributed by atoms with E-state index in [2.05, 4.69) is 19.2 Å². The number of aliphatic hydroxyl groups is 1. The minimum Gasteiger partial charge on any atom is -0.505 e. The molecule has 0 saturated carbocycles. The number of phenols is 1. The molecular formula is C12H18FNO2. The van der Waals surface area contributed by atoms with Crippen LogP contribution in [0.5, 0.6) is 5.75 Å². The molecule has 1 atom stereocenters. The van der Waals surface area contributed by atoms with Crippen molar-refractivity contribution in [2.24, 2.45) is 5.92 Å². The first-order chi connectivity index (χ1) is 7.54. The van der Waals surface area contributed by atoms with E-state index in [4.69, 9.17) is 5.11 Å². The van der Waals surface area contributed by atoms with Crippen LogP contribution in [0.15, 0.2) is 18.2 Å². The van der Waals surface area contributed by atoms with Gasteiger partial charge in [0.15, 0.2) is 11.6 Å². The second-order valence-electron chi connectivity index (χ2n) is 4.25. The largest absolute Gasteiger partial charge is 0.505 e. The second kappa shape index (κ2) is 5.82. The number of aromatic hydroxyl groups is 1. The van der Waals surface area contributed by atoms with Crippen molar-refractivity contribution in [2.45, 2.75) is 19.9 Å². The van der Waals surface area contributed by atoms with Crippen molar-refractivity contribution in [3.05, 3.63) is 29.6 Å². The lowest BCUT2D eigenvalue weighted by Crippen LogP contribution is -2.27. The summed E-state index contributed by atoms with van der Waals surface area (Å²) >= 11 is 0. The van der Waals surface area contributed by atoms with Crippen LogP contribution in [-0.2, 0) is 0 Å². The summed E-state index contributed by atoms with van der Waals surface area (Å²) in [5.74, 6) is -0.581. The van der Waals surface area contributed by atoms with Gasteiger partial charge in [-0.2, -0.15) is 0 Å². The van der Waals surface area contributed by atoms with Crippen LogP contribution in [0.4, 0.5) is 4.39 Å². The third-order valence-corrected chi connectivity index (χ3v) is 2.33. The molecule has 0 aliphatic rings. The van der Waals surface area contributed by atoms with Crippen molar-refractivity contribution >= 4 is 0 Å². The lowest BCUT2D eigenvalue weighted by Gasteiger charge is -2.18.